The fourth-order valence-corrected chi connectivity index (χ4v) is 3.84. The minimum Gasteiger partial charge on any atom is -0.508 e. The Morgan fingerprint density at radius 2 is 1.33 bits per heavy atom. The number of hydrogen-bond donors (Lipinski definition) is 2. The molecule has 3 aromatic rings. The number of phenols is 2. The van der Waals surface area contributed by atoms with Crippen molar-refractivity contribution in [1.82, 2.24) is 9.78 Å². The van der Waals surface area contributed by atoms with Gasteiger partial charge in [-0.3, -0.25) is 0 Å². The standard InChI is InChI=1S/C23H28N2O2/c1-22(2,3)15-23(4,5)21-14-20(16-6-10-18(26)11-7-16)24-25(21)17-8-12-19(27)13-9-17/h6-14,26-27H,15H2,1-5H3. The van der Waals surface area contributed by atoms with E-state index in [-0.39, 0.29) is 22.3 Å². The van der Waals surface area contributed by atoms with Gasteiger partial charge in [-0.15, -0.1) is 0 Å². The Morgan fingerprint density at radius 1 is 0.815 bits per heavy atom. The van der Waals surface area contributed by atoms with Gasteiger partial charge in [-0.2, -0.15) is 5.10 Å². The highest BCUT2D eigenvalue weighted by atomic mass is 16.3. The van der Waals surface area contributed by atoms with E-state index in [0.29, 0.717) is 0 Å². The normalized spacial score (nSPS) is 12.3. The molecular weight excluding hydrogens is 336 g/mol. The van der Waals surface area contributed by atoms with Crippen LogP contribution in [0.1, 0.15) is 46.7 Å². The summed E-state index contributed by atoms with van der Waals surface area (Å²) >= 11 is 0. The summed E-state index contributed by atoms with van der Waals surface area (Å²) in [5.74, 6) is 0.477. The van der Waals surface area contributed by atoms with Crippen LogP contribution in [-0.2, 0) is 5.41 Å². The summed E-state index contributed by atoms with van der Waals surface area (Å²) in [6.07, 6.45) is 0.999. The van der Waals surface area contributed by atoms with Crippen LogP contribution in [0, 0.1) is 5.41 Å². The third kappa shape index (κ3) is 4.33. The molecule has 4 heteroatoms. The molecule has 2 N–H and O–H groups in total. The maximum atomic E-state index is 9.64. The Balaban J connectivity index is 2.14. The summed E-state index contributed by atoms with van der Waals surface area (Å²) < 4.78 is 1.97. The van der Waals surface area contributed by atoms with Gasteiger partial charge < -0.3 is 10.2 Å². The van der Waals surface area contributed by atoms with Crippen LogP contribution in [0.5, 0.6) is 11.5 Å². The number of phenolic OH excluding ortho intramolecular Hbond substituents is 2. The molecule has 4 nitrogen and oxygen atoms in total. The first-order valence-electron chi connectivity index (χ1n) is 9.25. The molecule has 0 saturated carbocycles. The van der Waals surface area contributed by atoms with Crippen LogP contribution in [0.15, 0.2) is 54.6 Å². The van der Waals surface area contributed by atoms with Gasteiger partial charge in [-0.05, 0) is 66.4 Å². The van der Waals surface area contributed by atoms with Gasteiger partial charge in [0.1, 0.15) is 11.5 Å². The summed E-state index contributed by atoms with van der Waals surface area (Å²) in [7, 11) is 0. The zero-order valence-electron chi connectivity index (χ0n) is 16.7. The van der Waals surface area contributed by atoms with Gasteiger partial charge in [0.15, 0.2) is 0 Å². The Bertz CT molecular complexity index is 915. The Hall–Kier alpha value is -2.75. The summed E-state index contributed by atoms with van der Waals surface area (Å²) in [6, 6.07) is 16.3. The topological polar surface area (TPSA) is 58.3 Å². The van der Waals surface area contributed by atoms with Crippen LogP contribution in [-0.4, -0.2) is 20.0 Å². The van der Waals surface area contributed by atoms with E-state index >= 15 is 0 Å². The van der Waals surface area contributed by atoms with Crippen LogP contribution >= 0.6 is 0 Å². The minimum absolute atomic E-state index is 0.0989. The first-order valence-corrected chi connectivity index (χ1v) is 9.25. The molecule has 0 aliphatic heterocycles. The second-order valence-electron chi connectivity index (χ2n) is 9.01. The summed E-state index contributed by atoms with van der Waals surface area (Å²) in [5, 5.41) is 24.1. The molecule has 0 bridgehead atoms. The van der Waals surface area contributed by atoms with Crippen molar-refractivity contribution in [3.8, 4) is 28.4 Å². The van der Waals surface area contributed by atoms with E-state index in [4.69, 9.17) is 5.10 Å². The van der Waals surface area contributed by atoms with Gasteiger partial charge in [-0.25, -0.2) is 4.68 Å². The largest absolute Gasteiger partial charge is 0.508 e. The van der Waals surface area contributed by atoms with Crippen LogP contribution < -0.4 is 0 Å². The zero-order chi connectivity index (χ0) is 19.8. The van der Waals surface area contributed by atoms with E-state index in [9.17, 15) is 10.2 Å². The van der Waals surface area contributed by atoms with E-state index in [1.54, 1.807) is 24.3 Å². The lowest BCUT2D eigenvalue weighted by Crippen LogP contribution is -2.27. The molecule has 0 aliphatic rings. The molecule has 0 aliphatic carbocycles. The fourth-order valence-electron chi connectivity index (χ4n) is 3.84. The predicted octanol–water partition coefficient (Wildman–Crippen LogP) is 5.66. The van der Waals surface area contributed by atoms with Gasteiger partial charge in [0.05, 0.1) is 17.1 Å². The minimum atomic E-state index is -0.0989. The Labute approximate surface area is 161 Å². The van der Waals surface area contributed by atoms with Gasteiger partial charge in [0.25, 0.3) is 0 Å². The highest BCUT2D eigenvalue weighted by Gasteiger charge is 2.31. The molecule has 0 atom stereocenters. The maximum Gasteiger partial charge on any atom is 0.115 e. The van der Waals surface area contributed by atoms with Crippen molar-refractivity contribution in [1.29, 1.82) is 0 Å². The van der Waals surface area contributed by atoms with Crippen LogP contribution in [0.2, 0.25) is 0 Å². The van der Waals surface area contributed by atoms with Gasteiger partial charge in [-0.1, -0.05) is 34.6 Å². The number of rotatable bonds is 4. The number of aromatic nitrogens is 2. The van der Waals surface area contributed by atoms with Crippen molar-refractivity contribution < 1.29 is 10.2 Å². The molecule has 142 valence electrons. The van der Waals surface area contributed by atoms with E-state index in [1.807, 2.05) is 28.9 Å². The van der Waals surface area contributed by atoms with Crippen molar-refractivity contribution in [2.75, 3.05) is 0 Å². The number of hydrogen-bond acceptors (Lipinski definition) is 3. The quantitative estimate of drug-likeness (QED) is 0.627. The Kier molecular flexibility index (Phi) is 4.77. The van der Waals surface area contributed by atoms with Crippen molar-refractivity contribution in [2.45, 2.75) is 46.5 Å². The van der Waals surface area contributed by atoms with E-state index in [1.165, 1.54) is 0 Å². The third-order valence-electron chi connectivity index (χ3n) is 4.63. The van der Waals surface area contributed by atoms with Crippen LogP contribution in [0.4, 0.5) is 0 Å². The van der Waals surface area contributed by atoms with Gasteiger partial charge >= 0.3 is 0 Å². The zero-order valence-corrected chi connectivity index (χ0v) is 16.7. The molecule has 1 aromatic heterocycles. The van der Waals surface area contributed by atoms with Gasteiger partial charge in [0, 0.05) is 11.0 Å². The monoisotopic (exact) mass is 364 g/mol. The fraction of sp³-hybridized carbons (Fsp3) is 0.348. The van der Waals surface area contributed by atoms with Crippen LogP contribution in [0.3, 0.4) is 0 Å². The third-order valence-corrected chi connectivity index (χ3v) is 4.63. The second-order valence-corrected chi connectivity index (χ2v) is 9.01. The first-order chi connectivity index (χ1) is 12.5. The molecule has 0 unspecified atom stereocenters. The molecular formula is C23H28N2O2. The summed E-state index contributed by atoms with van der Waals surface area (Å²) in [4.78, 5) is 0. The summed E-state index contributed by atoms with van der Waals surface area (Å²) in [6.45, 7) is 11.2. The molecule has 0 saturated heterocycles. The van der Waals surface area contributed by atoms with Crippen molar-refractivity contribution >= 4 is 0 Å². The number of benzene rings is 2. The average Bonchev–Trinajstić information content (AvgIpc) is 3.00. The second kappa shape index (κ2) is 6.76. The molecule has 27 heavy (non-hydrogen) atoms. The van der Waals surface area contributed by atoms with E-state index < -0.39 is 0 Å². The Morgan fingerprint density at radius 3 is 1.85 bits per heavy atom. The lowest BCUT2D eigenvalue weighted by atomic mass is 9.74. The highest BCUT2D eigenvalue weighted by Crippen LogP contribution is 2.38. The molecule has 2 aromatic carbocycles. The molecule has 0 amide bonds. The first kappa shape index (κ1) is 19.0. The number of aromatic hydroxyl groups is 2. The van der Waals surface area contributed by atoms with Crippen molar-refractivity contribution in [2.24, 2.45) is 5.41 Å². The highest BCUT2D eigenvalue weighted by molar-refractivity contribution is 5.61. The SMILES string of the molecule is CC(C)(C)CC(C)(C)c1cc(-c2ccc(O)cc2)nn1-c1ccc(O)cc1. The predicted molar refractivity (Wildman–Crippen MR) is 109 cm³/mol. The maximum absolute atomic E-state index is 9.64. The summed E-state index contributed by atoms with van der Waals surface area (Å²) in [5.41, 5.74) is 3.92. The van der Waals surface area contributed by atoms with Crippen molar-refractivity contribution in [3.05, 3.63) is 60.3 Å². The van der Waals surface area contributed by atoms with E-state index in [2.05, 4.69) is 40.7 Å². The molecule has 0 fully saturated rings. The smallest absolute Gasteiger partial charge is 0.115 e. The molecule has 0 spiro atoms. The van der Waals surface area contributed by atoms with Crippen LogP contribution in [0.25, 0.3) is 16.9 Å². The molecule has 0 radical (unpaired) electrons. The molecule has 1 heterocycles. The lowest BCUT2D eigenvalue weighted by molar-refractivity contribution is 0.276. The number of nitrogens with zero attached hydrogens (tertiary/aromatic N) is 2. The lowest BCUT2D eigenvalue weighted by Gasteiger charge is -2.33. The average molecular weight is 364 g/mol. The van der Waals surface area contributed by atoms with E-state index in [0.717, 1.165) is 29.1 Å². The van der Waals surface area contributed by atoms with Gasteiger partial charge in [0.2, 0.25) is 0 Å². The molecule has 3 rings (SSSR count). The van der Waals surface area contributed by atoms with Crippen molar-refractivity contribution in [3.63, 3.8) is 0 Å².